The van der Waals surface area contributed by atoms with Crippen molar-refractivity contribution in [2.75, 3.05) is 13.1 Å². The average Bonchev–Trinajstić information content (AvgIpc) is 3.10. The maximum atomic E-state index is 12.7. The lowest BCUT2D eigenvalue weighted by atomic mass is 9.93. The summed E-state index contributed by atoms with van der Waals surface area (Å²) >= 11 is 0. The minimum absolute atomic E-state index is 0.00259. The molecule has 0 radical (unpaired) electrons. The number of carboxylic acids is 1. The molecule has 1 amide bonds. The summed E-state index contributed by atoms with van der Waals surface area (Å²) < 4.78 is 0. The minimum Gasteiger partial charge on any atom is -0.481 e. The highest BCUT2D eigenvalue weighted by atomic mass is 16.4. The number of aromatic amines is 1. The summed E-state index contributed by atoms with van der Waals surface area (Å²) in [6.45, 7) is 1.38. The van der Waals surface area contributed by atoms with Crippen molar-refractivity contribution in [3.8, 4) is 11.3 Å². The van der Waals surface area contributed by atoms with Crippen LogP contribution in [0.4, 0.5) is 0 Å². The molecule has 0 spiro atoms. The number of piperidine rings is 1. The zero-order chi connectivity index (χ0) is 16.9. The number of aromatic nitrogens is 1. The molecule has 126 valence electrons. The van der Waals surface area contributed by atoms with Gasteiger partial charge in [0.2, 0.25) is 0 Å². The third-order valence-corrected chi connectivity index (χ3v) is 4.57. The molecule has 1 unspecified atom stereocenters. The maximum absolute atomic E-state index is 12.7. The molecule has 1 fully saturated rings. The van der Waals surface area contributed by atoms with Crippen LogP contribution < -0.4 is 0 Å². The van der Waals surface area contributed by atoms with Crippen LogP contribution in [-0.2, 0) is 4.79 Å². The quantitative estimate of drug-likeness (QED) is 0.884. The van der Waals surface area contributed by atoms with Gasteiger partial charge in [-0.25, -0.2) is 0 Å². The number of aliphatic carboxylic acids is 1. The van der Waals surface area contributed by atoms with E-state index in [1.54, 1.807) is 0 Å². The number of carbonyl (C=O) groups is 2. The van der Waals surface area contributed by atoms with E-state index in [2.05, 4.69) is 4.98 Å². The van der Waals surface area contributed by atoms with Crippen LogP contribution in [0.5, 0.6) is 0 Å². The highest BCUT2D eigenvalue weighted by Crippen LogP contribution is 2.24. The fourth-order valence-electron chi connectivity index (χ4n) is 3.29. The lowest BCUT2D eigenvalue weighted by Crippen LogP contribution is -2.40. The molecule has 0 bridgehead atoms. The van der Waals surface area contributed by atoms with E-state index in [-0.39, 0.29) is 18.2 Å². The Kier molecular flexibility index (Phi) is 4.99. The molecule has 1 atom stereocenters. The van der Waals surface area contributed by atoms with Crippen LogP contribution >= 0.6 is 0 Å². The maximum Gasteiger partial charge on any atom is 0.303 e. The highest BCUT2D eigenvalue weighted by Gasteiger charge is 2.25. The van der Waals surface area contributed by atoms with Gasteiger partial charge in [0.15, 0.2) is 0 Å². The number of hydrogen-bond donors (Lipinski definition) is 2. The summed E-state index contributed by atoms with van der Waals surface area (Å²) in [7, 11) is 0. The zero-order valence-electron chi connectivity index (χ0n) is 13.6. The van der Waals surface area contributed by atoms with Gasteiger partial charge in [-0.2, -0.15) is 0 Å². The van der Waals surface area contributed by atoms with E-state index >= 15 is 0 Å². The SMILES string of the molecule is O=C(O)CCC1CCCN(C(=O)c2ccc(-c3ccccc3)[nH]2)C1. The number of likely N-dealkylation sites (tertiary alicyclic amines) is 1. The van der Waals surface area contributed by atoms with Crippen molar-refractivity contribution in [3.05, 3.63) is 48.2 Å². The second-order valence-electron chi connectivity index (χ2n) is 6.34. The summed E-state index contributed by atoms with van der Waals surface area (Å²) in [6.07, 6.45) is 2.74. The van der Waals surface area contributed by atoms with Gasteiger partial charge in [0.25, 0.3) is 5.91 Å². The molecule has 1 aromatic carbocycles. The van der Waals surface area contributed by atoms with Gasteiger partial charge in [-0.1, -0.05) is 30.3 Å². The van der Waals surface area contributed by atoms with E-state index in [1.165, 1.54) is 0 Å². The molecule has 5 heteroatoms. The Balaban J connectivity index is 1.66. The van der Waals surface area contributed by atoms with E-state index in [9.17, 15) is 9.59 Å². The monoisotopic (exact) mass is 326 g/mol. The molecule has 3 rings (SSSR count). The van der Waals surface area contributed by atoms with Gasteiger partial charge in [-0.15, -0.1) is 0 Å². The zero-order valence-corrected chi connectivity index (χ0v) is 13.6. The molecule has 1 aliphatic heterocycles. The summed E-state index contributed by atoms with van der Waals surface area (Å²) in [5.41, 5.74) is 2.57. The molecular formula is C19H22N2O3. The molecule has 2 aromatic rings. The van der Waals surface area contributed by atoms with Crippen LogP contribution in [0, 0.1) is 5.92 Å². The third kappa shape index (κ3) is 3.85. The van der Waals surface area contributed by atoms with Crippen molar-refractivity contribution in [1.29, 1.82) is 0 Å². The van der Waals surface area contributed by atoms with E-state index < -0.39 is 5.97 Å². The number of carbonyl (C=O) groups excluding carboxylic acids is 1. The largest absolute Gasteiger partial charge is 0.481 e. The number of amides is 1. The highest BCUT2D eigenvalue weighted by molar-refractivity contribution is 5.93. The van der Waals surface area contributed by atoms with Crippen molar-refractivity contribution in [3.63, 3.8) is 0 Å². The first-order chi connectivity index (χ1) is 11.6. The van der Waals surface area contributed by atoms with Crippen LogP contribution in [-0.4, -0.2) is 40.0 Å². The summed E-state index contributed by atoms with van der Waals surface area (Å²) in [5.74, 6) is -0.491. The lowest BCUT2D eigenvalue weighted by Gasteiger charge is -2.32. The topological polar surface area (TPSA) is 73.4 Å². The summed E-state index contributed by atoms with van der Waals surface area (Å²) in [6, 6.07) is 13.7. The Bertz CT molecular complexity index is 708. The van der Waals surface area contributed by atoms with Gasteiger partial charge >= 0.3 is 5.97 Å². The molecule has 0 saturated carbocycles. The molecule has 0 aliphatic carbocycles. The van der Waals surface area contributed by atoms with Crippen LogP contribution in [0.3, 0.4) is 0 Å². The second kappa shape index (κ2) is 7.34. The molecule has 2 heterocycles. The minimum atomic E-state index is -0.768. The number of hydrogen-bond acceptors (Lipinski definition) is 2. The van der Waals surface area contributed by atoms with Gasteiger partial charge in [0, 0.05) is 25.2 Å². The molecule has 1 aromatic heterocycles. The van der Waals surface area contributed by atoms with E-state index in [0.29, 0.717) is 18.7 Å². The third-order valence-electron chi connectivity index (χ3n) is 4.57. The van der Waals surface area contributed by atoms with Crippen LogP contribution in [0.1, 0.15) is 36.2 Å². The molecular weight excluding hydrogens is 304 g/mol. The van der Waals surface area contributed by atoms with E-state index in [1.807, 2.05) is 47.4 Å². The van der Waals surface area contributed by atoms with Gasteiger partial charge in [-0.05, 0) is 42.9 Å². The predicted octanol–water partition coefficient (Wildman–Crippen LogP) is 3.40. The number of benzene rings is 1. The molecule has 1 saturated heterocycles. The smallest absolute Gasteiger partial charge is 0.303 e. The van der Waals surface area contributed by atoms with E-state index in [4.69, 9.17) is 5.11 Å². The predicted molar refractivity (Wildman–Crippen MR) is 91.7 cm³/mol. The first-order valence-electron chi connectivity index (χ1n) is 8.39. The van der Waals surface area contributed by atoms with Crippen molar-refractivity contribution in [2.24, 2.45) is 5.92 Å². The molecule has 5 nitrogen and oxygen atoms in total. The van der Waals surface area contributed by atoms with Crippen LogP contribution in [0.2, 0.25) is 0 Å². The molecule has 1 aliphatic rings. The molecule has 24 heavy (non-hydrogen) atoms. The Morgan fingerprint density at radius 3 is 2.71 bits per heavy atom. The molecule has 2 N–H and O–H groups in total. The van der Waals surface area contributed by atoms with Gasteiger partial charge in [-0.3, -0.25) is 9.59 Å². The lowest BCUT2D eigenvalue weighted by molar-refractivity contribution is -0.137. The van der Waals surface area contributed by atoms with Gasteiger partial charge < -0.3 is 15.0 Å². The standard InChI is InChI=1S/C19H22N2O3/c22-18(23)11-8-14-5-4-12-21(13-14)19(24)17-10-9-16(20-17)15-6-2-1-3-7-15/h1-3,6-7,9-10,14,20H,4-5,8,11-13H2,(H,22,23). The second-order valence-corrected chi connectivity index (χ2v) is 6.34. The Morgan fingerprint density at radius 1 is 1.17 bits per heavy atom. The van der Waals surface area contributed by atoms with Gasteiger partial charge in [0.05, 0.1) is 0 Å². The summed E-state index contributed by atoms with van der Waals surface area (Å²) in [4.78, 5) is 28.5. The van der Waals surface area contributed by atoms with Crippen molar-refractivity contribution in [2.45, 2.75) is 25.7 Å². The first kappa shape index (κ1) is 16.3. The van der Waals surface area contributed by atoms with Crippen molar-refractivity contribution in [1.82, 2.24) is 9.88 Å². The van der Waals surface area contributed by atoms with Crippen LogP contribution in [0.15, 0.2) is 42.5 Å². The number of nitrogens with one attached hydrogen (secondary N) is 1. The normalized spacial score (nSPS) is 17.7. The Labute approximate surface area is 141 Å². The number of rotatable bonds is 5. The first-order valence-corrected chi connectivity index (χ1v) is 8.39. The fourth-order valence-corrected chi connectivity index (χ4v) is 3.29. The number of nitrogens with zero attached hydrogens (tertiary/aromatic N) is 1. The van der Waals surface area contributed by atoms with Crippen molar-refractivity contribution >= 4 is 11.9 Å². The Morgan fingerprint density at radius 2 is 1.96 bits per heavy atom. The van der Waals surface area contributed by atoms with Gasteiger partial charge in [0.1, 0.15) is 5.69 Å². The summed E-state index contributed by atoms with van der Waals surface area (Å²) in [5, 5.41) is 8.82. The Hall–Kier alpha value is -2.56. The van der Waals surface area contributed by atoms with Crippen molar-refractivity contribution < 1.29 is 14.7 Å². The fraction of sp³-hybridized carbons (Fsp3) is 0.368. The van der Waals surface area contributed by atoms with E-state index in [0.717, 1.165) is 30.6 Å². The number of carboxylic acid groups (broad SMARTS) is 1. The van der Waals surface area contributed by atoms with Crippen LogP contribution in [0.25, 0.3) is 11.3 Å². The average molecular weight is 326 g/mol. The number of H-pyrrole nitrogens is 1.